The number of fused-ring (bicyclic) bond motifs is 1. The minimum absolute atomic E-state index is 0.0780. The number of aromatic nitrogens is 2. The van der Waals surface area contributed by atoms with Crippen molar-refractivity contribution in [2.24, 2.45) is 0 Å². The molecule has 0 amide bonds. The molecule has 0 fully saturated rings. The van der Waals surface area contributed by atoms with Crippen LogP contribution in [-0.4, -0.2) is 0 Å². The maximum Gasteiger partial charge on any atom is 0.221 e. The average molecular weight is 677 g/mol. The average Bonchev–Trinajstić information content (AvgIpc) is 3.14. The van der Waals surface area contributed by atoms with E-state index in [0.717, 1.165) is 62.6 Å². The Morgan fingerprint density at radius 1 is 0.725 bits per heavy atom. The highest BCUT2D eigenvalue weighted by atomic mass is 19.1. The predicted octanol–water partition coefficient (Wildman–Crippen LogP) is 11.6. The molecule has 0 saturated carbocycles. The number of hydrogen-bond acceptors (Lipinski definition) is 0. The lowest BCUT2D eigenvalue weighted by molar-refractivity contribution is -0.771. The first kappa shape index (κ1) is 33.8. The molecule has 0 radical (unpaired) electrons. The van der Waals surface area contributed by atoms with Crippen molar-refractivity contribution >= 4 is 21.5 Å². The summed E-state index contributed by atoms with van der Waals surface area (Å²) in [5.41, 5.74) is 10.3. The Morgan fingerprint density at radius 3 is 2.25 bits per heavy atom. The van der Waals surface area contributed by atoms with Crippen molar-refractivity contribution in [2.75, 3.05) is 0 Å². The molecule has 4 aromatic carbocycles. The number of unbranched alkanes of at least 4 members (excludes halogenated alkanes) is 1. The van der Waals surface area contributed by atoms with Crippen LogP contribution in [0.4, 0.5) is 4.39 Å². The predicted molar refractivity (Wildman–Crippen MR) is 210 cm³/mol. The number of nitrogens with zero attached hydrogens (tertiary/aromatic N) is 2. The zero-order valence-electron chi connectivity index (χ0n) is 31.7. The molecule has 2 nitrogen and oxygen atoms in total. The Kier molecular flexibility index (Phi) is 8.20. The van der Waals surface area contributed by atoms with Crippen molar-refractivity contribution in [3.8, 4) is 22.5 Å². The van der Waals surface area contributed by atoms with Gasteiger partial charge in [0.25, 0.3) is 0 Å². The van der Waals surface area contributed by atoms with Gasteiger partial charge in [0.1, 0.15) is 12.4 Å². The van der Waals surface area contributed by atoms with E-state index in [9.17, 15) is 0 Å². The molecule has 1 aliphatic carbocycles. The molecule has 0 bridgehead atoms. The summed E-state index contributed by atoms with van der Waals surface area (Å²) in [6.45, 7) is 17.1. The zero-order chi connectivity index (χ0) is 35.7. The molecule has 3 heteroatoms. The van der Waals surface area contributed by atoms with Gasteiger partial charge in [0.15, 0.2) is 17.9 Å². The smallest absolute Gasteiger partial charge is 0.207 e. The normalized spacial score (nSPS) is 19.9. The fourth-order valence-corrected chi connectivity index (χ4v) is 10.4. The molecule has 2 aromatic heterocycles. The molecular formula is C48H53FN2+2. The van der Waals surface area contributed by atoms with Gasteiger partial charge in [-0.05, 0) is 84.3 Å². The molecule has 8 rings (SSSR count). The van der Waals surface area contributed by atoms with E-state index in [0.29, 0.717) is 0 Å². The highest BCUT2D eigenvalue weighted by Crippen LogP contribution is 2.58. The van der Waals surface area contributed by atoms with Crippen LogP contribution in [0.15, 0.2) is 97.3 Å². The number of halogens is 1. The van der Waals surface area contributed by atoms with Crippen LogP contribution in [-0.2, 0) is 29.3 Å². The molecule has 51 heavy (non-hydrogen) atoms. The Labute approximate surface area is 304 Å². The van der Waals surface area contributed by atoms with Crippen molar-refractivity contribution in [1.29, 1.82) is 0 Å². The van der Waals surface area contributed by atoms with Gasteiger partial charge in [-0.25, -0.2) is 4.39 Å². The van der Waals surface area contributed by atoms with Crippen LogP contribution < -0.4 is 9.13 Å². The van der Waals surface area contributed by atoms with E-state index in [1.807, 2.05) is 0 Å². The van der Waals surface area contributed by atoms with Crippen LogP contribution in [0, 0.1) is 12.7 Å². The summed E-state index contributed by atoms with van der Waals surface area (Å²) < 4.78 is 21.5. The van der Waals surface area contributed by atoms with E-state index in [2.05, 4.69) is 149 Å². The second-order valence-electron chi connectivity index (χ2n) is 16.1. The molecule has 0 saturated heterocycles. The number of benzene rings is 4. The van der Waals surface area contributed by atoms with Gasteiger partial charge in [-0.1, -0.05) is 95.6 Å². The molecule has 2 atom stereocenters. The van der Waals surface area contributed by atoms with Gasteiger partial charge in [-0.3, -0.25) is 0 Å². The summed E-state index contributed by atoms with van der Waals surface area (Å²) in [6.07, 6.45) is 12.1. The fraction of sp³-hybridized carbons (Fsp3) is 0.375. The molecular weight excluding hydrogens is 624 g/mol. The largest absolute Gasteiger partial charge is 0.221 e. The van der Waals surface area contributed by atoms with Gasteiger partial charge in [-0.15, -0.1) is 0 Å². The number of aryl methyl sites for hydroxylation is 3. The third-order valence-electron chi connectivity index (χ3n) is 13.3. The van der Waals surface area contributed by atoms with Crippen LogP contribution in [0.5, 0.6) is 0 Å². The van der Waals surface area contributed by atoms with Crippen LogP contribution in [0.3, 0.4) is 0 Å². The van der Waals surface area contributed by atoms with Gasteiger partial charge in [0.2, 0.25) is 11.4 Å². The lowest BCUT2D eigenvalue weighted by atomic mass is 9.55. The molecule has 2 aliphatic rings. The minimum Gasteiger partial charge on any atom is -0.207 e. The van der Waals surface area contributed by atoms with Gasteiger partial charge < -0.3 is 0 Å². The zero-order valence-corrected chi connectivity index (χ0v) is 31.7. The molecule has 2 unspecified atom stereocenters. The number of rotatable bonds is 10. The lowest BCUT2D eigenvalue weighted by Crippen LogP contribution is -2.69. The second-order valence-corrected chi connectivity index (χ2v) is 16.1. The summed E-state index contributed by atoms with van der Waals surface area (Å²) in [5.74, 6) is -0.0780. The van der Waals surface area contributed by atoms with Gasteiger partial charge in [0, 0.05) is 47.9 Å². The van der Waals surface area contributed by atoms with Crippen molar-refractivity contribution in [3.63, 3.8) is 0 Å². The van der Waals surface area contributed by atoms with Crippen molar-refractivity contribution in [2.45, 2.75) is 116 Å². The van der Waals surface area contributed by atoms with Crippen LogP contribution >= 0.6 is 0 Å². The van der Waals surface area contributed by atoms with Gasteiger partial charge in [0.05, 0.1) is 21.8 Å². The van der Waals surface area contributed by atoms with Crippen LogP contribution in [0.1, 0.15) is 108 Å². The second kappa shape index (κ2) is 12.4. The lowest BCUT2D eigenvalue weighted by Gasteiger charge is -2.50. The van der Waals surface area contributed by atoms with Gasteiger partial charge in [-0.2, -0.15) is 9.13 Å². The van der Waals surface area contributed by atoms with E-state index >= 15 is 4.39 Å². The van der Waals surface area contributed by atoms with E-state index in [4.69, 9.17) is 0 Å². The van der Waals surface area contributed by atoms with E-state index in [1.54, 1.807) is 6.07 Å². The molecule has 0 spiro atoms. The van der Waals surface area contributed by atoms with Crippen LogP contribution in [0.25, 0.3) is 44.1 Å². The Hall–Kier alpha value is -4.37. The third kappa shape index (κ3) is 4.79. The van der Waals surface area contributed by atoms with Crippen molar-refractivity contribution in [3.05, 3.63) is 131 Å². The summed E-state index contributed by atoms with van der Waals surface area (Å²) >= 11 is 0. The van der Waals surface area contributed by atoms with Gasteiger partial charge >= 0.3 is 0 Å². The first-order chi connectivity index (χ1) is 24.6. The molecule has 1 aliphatic heterocycles. The Morgan fingerprint density at radius 2 is 1.49 bits per heavy atom. The maximum atomic E-state index is 16.4. The van der Waals surface area contributed by atoms with E-state index in [1.165, 1.54) is 60.8 Å². The number of hydrogen-bond donors (Lipinski definition) is 0. The Bertz CT molecular complexity index is 2330. The van der Waals surface area contributed by atoms with Crippen molar-refractivity contribution < 1.29 is 13.5 Å². The quantitative estimate of drug-likeness (QED) is 0.128. The molecule has 3 heterocycles. The topological polar surface area (TPSA) is 7.76 Å². The van der Waals surface area contributed by atoms with Crippen molar-refractivity contribution in [1.82, 2.24) is 0 Å². The summed E-state index contributed by atoms with van der Waals surface area (Å²) in [7, 11) is 0. The molecule has 0 N–H and O–H groups in total. The minimum atomic E-state index is -0.443. The number of pyridine rings is 2. The van der Waals surface area contributed by atoms with Crippen LogP contribution in [0.2, 0.25) is 0 Å². The first-order valence-electron chi connectivity index (χ1n) is 19.4. The summed E-state index contributed by atoms with van der Waals surface area (Å²) in [6, 6.07) is 31.0. The van der Waals surface area contributed by atoms with E-state index < -0.39 is 5.41 Å². The SMILES string of the molecule is CCCCc1cc2c3c4[n+](ccc3c1)C(CC)(CCC[n+]1ccc3ccccc3c1-c1ccccc1C)C(C)(CC)c1ccc(F)c(c1-4)C2(C)C. The fourth-order valence-electron chi connectivity index (χ4n) is 10.4. The third-order valence-corrected chi connectivity index (χ3v) is 13.3. The first-order valence-corrected chi connectivity index (χ1v) is 19.4. The summed E-state index contributed by atoms with van der Waals surface area (Å²) in [4.78, 5) is 0. The highest BCUT2D eigenvalue weighted by Gasteiger charge is 2.61. The van der Waals surface area contributed by atoms with E-state index in [-0.39, 0.29) is 16.8 Å². The maximum absolute atomic E-state index is 16.4. The monoisotopic (exact) mass is 676 g/mol. The molecule has 6 aromatic rings. The highest BCUT2D eigenvalue weighted by molar-refractivity contribution is 6.02. The Balaban J connectivity index is 1.31. The molecule has 260 valence electrons. The standard InChI is InChI=1S/C48H53FN2/c1-8-11-18-33-30-35-25-29-51-45-41(35)39(31-33)46(5,6)43-40(49)23-22-38(42(43)45)47(7,9-2)48(51,10-3)26-16-27-50-28-24-34-19-13-15-21-37(34)44(50)36-20-14-12-17-32(36)4/h12-15,17,19-25,28-31H,8-11,16,18,26-27H2,1-7H3/q+2. The summed E-state index contributed by atoms with van der Waals surface area (Å²) in [5, 5.41) is 5.17.